The number of nitrogen functional groups attached to an aromatic ring is 1. The van der Waals surface area contributed by atoms with E-state index in [9.17, 15) is 4.79 Å². The van der Waals surface area contributed by atoms with Crippen molar-refractivity contribution in [2.75, 3.05) is 24.7 Å². The van der Waals surface area contributed by atoms with Crippen LogP contribution in [0.3, 0.4) is 0 Å². The summed E-state index contributed by atoms with van der Waals surface area (Å²) >= 11 is 0. The Balaban J connectivity index is 2.76. The smallest absolute Gasteiger partial charge is 0.242 e. The van der Waals surface area contributed by atoms with E-state index in [1.165, 1.54) is 7.11 Å². The fourth-order valence-electron chi connectivity index (χ4n) is 1.28. The number of carbonyl (C=O) groups excluding carboxylic acids is 1. The average molecular weight is 238 g/mol. The van der Waals surface area contributed by atoms with Gasteiger partial charge in [-0.1, -0.05) is 0 Å². The van der Waals surface area contributed by atoms with Crippen LogP contribution in [0, 0.1) is 0 Å². The molecule has 0 aliphatic heterocycles. The lowest BCUT2D eigenvalue weighted by Gasteiger charge is -2.15. The molecule has 0 saturated carbocycles. The summed E-state index contributed by atoms with van der Waals surface area (Å²) < 4.78 is 4.99. The van der Waals surface area contributed by atoms with E-state index in [1.807, 2.05) is 6.92 Å². The first kappa shape index (κ1) is 13.1. The minimum atomic E-state index is -0.406. The van der Waals surface area contributed by atoms with Gasteiger partial charge in [-0.25, -0.2) is 0 Å². The highest BCUT2D eigenvalue weighted by molar-refractivity contribution is 5.84. The number of rotatable bonds is 5. The minimum absolute atomic E-state index is 0.100. The first-order chi connectivity index (χ1) is 8.08. The van der Waals surface area contributed by atoms with Crippen molar-refractivity contribution < 1.29 is 9.53 Å². The number of aromatic nitrogens is 1. The van der Waals surface area contributed by atoms with Gasteiger partial charge in [-0.05, 0) is 19.9 Å². The summed E-state index contributed by atoms with van der Waals surface area (Å²) in [4.78, 5) is 15.7. The lowest BCUT2D eigenvalue weighted by atomic mass is 10.3. The number of amides is 1. The Morgan fingerprint density at radius 2 is 2.29 bits per heavy atom. The fourth-order valence-corrected chi connectivity index (χ4v) is 1.28. The summed E-state index contributed by atoms with van der Waals surface area (Å²) in [6.45, 7) is 4.19. The van der Waals surface area contributed by atoms with Crippen LogP contribution < -0.4 is 21.1 Å². The van der Waals surface area contributed by atoms with E-state index < -0.39 is 6.04 Å². The SMILES string of the molecule is CCNC(=O)C(C)Nc1nc(OC)ccc1N. The lowest BCUT2D eigenvalue weighted by molar-refractivity contribution is -0.121. The van der Waals surface area contributed by atoms with Gasteiger partial charge in [0.05, 0.1) is 12.8 Å². The molecule has 6 heteroatoms. The Labute approximate surface area is 101 Å². The maximum atomic E-state index is 11.5. The van der Waals surface area contributed by atoms with E-state index in [-0.39, 0.29) is 5.91 Å². The number of nitrogens with zero attached hydrogens (tertiary/aromatic N) is 1. The predicted octanol–water partition coefficient (Wildman–Crippen LogP) is 0.609. The van der Waals surface area contributed by atoms with Crippen LogP contribution in [0.4, 0.5) is 11.5 Å². The quantitative estimate of drug-likeness (QED) is 0.699. The number of ether oxygens (including phenoxy) is 1. The molecular formula is C11H18N4O2. The molecule has 0 bridgehead atoms. The number of hydrogen-bond donors (Lipinski definition) is 3. The highest BCUT2D eigenvalue weighted by Gasteiger charge is 2.13. The Morgan fingerprint density at radius 1 is 1.59 bits per heavy atom. The van der Waals surface area contributed by atoms with Crippen LogP contribution in [0.5, 0.6) is 5.88 Å². The first-order valence-electron chi connectivity index (χ1n) is 5.43. The Hall–Kier alpha value is -1.98. The summed E-state index contributed by atoms with van der Waals surface area (Å²) in [5.74, 6) is 0.796. The second-order valence-corrected chi connectivity index (χ2v) is 3.55. The standard InChI is InChI=1S/C11H18N4O2/c1-4-13-11(16)7(2)14-10-8(12)5-6-9(15-10)17-3/h5-7H,4,12H2,1-3H3,(H,13,16)(H,14,15). The molecule has 17 heavy (non-hydrogen) atoms. The molecule has 0 aliphatic rings. The number of likely N-dealkylation sites (N-methyl/N-ethyl adjacent to an activating group) is 1. The molecular weight excluding hydrogens is 220 g/mol. The van der Waals surface area contributed by atoms with Gasteiger partial charge in [0.2, 0.25) is 11.8 Å². The first-order valence-corrected chi connectivity index (χ1v) is 5.43. The van der Waals surface area contributed by atoms with E-state index >= 15 is 0 Å². The molecule has 0 aliphatic carbocycles. The van der Waals surface area contributed by atoms with Crippen molar-refractivity contribution in [2.24, 2.45) is 0 Å². The normalized spacial score (nSPS) is 11.7. The number of nitrogens with one attached hydrogen (secondary N) is 2. The minimum Gasteiger partial charge on any atom is -0.481 e. The number of pyridine rings is 1. The molecule has 94 valence electrons. The largest absolute Gasteiger partial charge is 0.481 e. The van der Waals surface area contributed by atoms with Crippen LogP contribution in [-0.4, -0.2) is 30.6 Å². The molecule has 1 aromatic rings. The van der Waals surface area contributed by atoms with E-state index in [4.69, 9.17) is 10.5 Å². The van der Waals surface area contributed by atoms with Gasteiger partial charge in [0, 0.05) is 12.6 Å². The van der Waals surface area contributed by atoms with E-state index in [2.05, 4.69) is 15.6 Å². The van der Waals surface area contributed by atoms with Crippen molar-refractivity contribution in [2.45, 2.75) is 19.9 Å². The molecule has 1 rings (SSSR count). The maximum Gasteiger partial charge on any atom is 0.242 e. The number of hydrogen-bond acceptors (Lipinski definition) is 5. The molecule has 1 heterocycles. The zero-order valence-corrected chi connectivity index (χ0v) is 10.3. The van der Waals surface area contributed by atoms with E-state index in [0.717, 1.165) is 0 Å². The van der Waals surface area contributed by atoms with Crippen molar-refractivity contribution >= 4 is 17.4 Å². The summed E-state index contributed by atoms with van der Waals surface area (Å²) in [5, 5.41) is 5.65. The van der Waals surface area contributed by atoms with Gasteiger partial charge in [0.25, 0.3) is 0 Å². The fraction of sp³-hybridized carbons (Fsp3) is 0.455. The van der Waals surface area contributed by atoms with Gasteiger partial charge in [-0.15, -0.1) is 0 Å². The Bertz CT molecular complexity index is 395. The van der Waals surface area contributed by atoms with Crippen LogP contribution in [0.25, 0.3) is 0 Å². The van der Waals surface area contributed by atoms with Crippen LogP contribution in [0.1, 0.15) is 13.8 Å². The van der Waals surface area contributed by atoms with Gasteiger partial charge in [0.1, 0.15) is 6.04 Å². The maximum absolute atomic E-state index is 11.5. The van der Waals surface area contributed by atoms with Crippen molar-refractivity contribution in [1.82, 2.24) is 10.3 Å². The third-order valence-electron chi connectivity index (χ3n) is 2.21. The number of methoxy groups -OCH3 is 1. The molecule has 6 nitrogen and oxygen atoms in total. The molecule has 1 atom stereocenters. The van der Waals surface area contributed by atoms with Crippen molar-refractivity contribution in [3.05, 3.63) is 12.1 Å². The lowest BCUT2D eigenvalue weighted by Crippen LogP contribution is -2.37. The van der Waals surface area contributed by atoms with Crippen LogP contribution in [-0.2, 0) is 4.79 Å². The van der Waals surface area contributed by atoms with Gasteiger partial charge in [-0.2, -0.15) is 4.98 Å². The van der Waals surface area contributed by atoms with Gasteiger partial charge < -0.3 is 21.1 Å². The summed E-state index contributed by atoms with van der Waals surface area (Å²) in [5.41, 5.74) is 6.23. The molecule has 1 unspecified atom stereocenters. The van der Waals surface area contributed by atoms with Crippen LogP contribution in [0.15, 0.2) is 12.1 Å². The van der Waals surface area contributed by atoms with Crippen LogP contribution >= 0.6 is 0 Å². The Morgan fingerprint density at radius 3 is 2.88 bits per heavy atom. The highest BCUT2D eigenvalue weighted by atomic mass is 16.5. The topological polar surface area (TPSA) is 89.3 Å². The summed E-state index contributed by atoms with van der Waals surface area (Å²) in [6, 6.07) is 2.94. The zero-order chi connectivity index (χ0) is 12.8. The second kappa shape index (κ2) is 5.93. The molecule has 1 amide bonds. The van der Waals surface area contributed by atoms with E-state index in [1.54, 1.807) is 19.1 Å². The average Bonchev–Trinajstić information content (AvgIpc) is 2.32. The third-order valence-corrected chi connectivity index (χ3v) is 2.21. The second-order valence-electron chi connectivity index (χ2n) is 3.55. The molecule has 0 aromatic carbocycles. The number of nitrogens with two attached hydrogens (primary N) is 1. The van der Waals surface area contributed by atoms with Crippen LogP contribution in [0.2, 0.25) is 0 Å². The summed E-state index contributed by atoms with van der Waals surface area (Å²) in [7, 11) is 1.52. The van der Waals surface area contributed by atoms with Crippen molar-refractivity contribution in [1.29, 1.82) is 0 Å². The summed E-state index contributed by atoms with van der Waals surface area (Å²) in [6.07, 6.45) is 0. The molecule has 4 N–H and O–H groups in total. The van der Waals surface area contributed by atoms with E-state index in [0.29, 0.717) is 23.9 Å². The Kier molecular flexibility index (Phi) is 4.56. The van der Waals surface area contributed by atoms with Gasteiger partial charge >= 0.3 is 0 Å². The zero-order valence-electron chi connectivity index (χ0n) is 10.3. The monoisotopic (exact) mass is 238 g/mol. The van der Waals surface area contributed by atoms with Crippen molar-refractivity contribution in [3.63, 3.8) is 0 Å². The van der Waals surface area contributed by atoms with Crippen molar-refractivity contribution in [3.8, 4) is 5.88 Å². The third kappa shape index (κ3) is 3.51. The molecule has 0 spiro atoms. The molecule has 0 radical (unpaired) electrons. The number of anilines is 2. The molecule has 0 fully saturated rings. The molecule has 1 aromatic heterocycles. The van der Waals surface area contributed by atoms with Gasteiger partial charge in [0.15, 0.2) is 5.82 Å². The molecule has 0 saturated heterocycles. The van der Waals surface area contributed by atoms with Gasteiger partial charge in [-0.3, -0.25) is 4.79 Å². The predicted molar refractivity (Wildman–Crippen MR) is 67.0 cm³/mol. The highest BCUT2D eigenvalue weighted by Crippen LogP contribution is 2.20. The number of carbonyl (C=O) groups is 1.